The third-order valence-corrected chi connectivity index (χ3v) is 6.93. The van der Waals surface area contributed by atoms with Gasteiger partial charge in [0.15, 0.2) is 5.11 Å². The topological polar surface area (TPSA) is 70.7 Å². The van der Waals surface area contributed by atoms with E-state index in [-0.39, 0.29) is 17.8 Å². The van der Waals surface area contributed by atoms with Gasteiger partial charge in [0.1, 0.15) is 0 Å². The van der Waals surface area contributed by atoms with E-state index in [4.69, 9.17) is 17.0 Å². The van der Waals surface area contributed by atoms with Crippen molar-refractivity contribution in [1.82, 2.24) is 10.2 Å². The summed E-state index contributed by atoms with van der Waals surface area (Å²) in [5.74, 6) is -0.784. The van der Waals surface area contributed by atoms with E-state index in [1.165, 1.54) is 0 Å². The van der Waals surface area contributed by atoms with Crippen molar-refractivity contribution in [1.29, 1.82) is 0 Å². The molecule has 0 saturated heterocycles. The average molecular weight is 528 g/mol. The van der Waals surface area contributed by atoms with Crippen LogP contribution in [-0.4, -0.2) is 35.5 Å². The molecule has 1 heterocycles. The minimum absolute atomic E-state index is 0.144. The van der Waals surface area contributed by atoms with Crippen LogP contribution in [0.25, 0.3) is 0 Å². The average Bonchev–Trinajstić information content (AvgIpc) is 2.91. The van der Waals surface area contributed by atoms with Crippen molar-refractivity contribution in [2.45, 2.75) is 32.7 Å². The van der Waals surface area contributed by atoms with Gasteiger partial charge >= 0.3 is 5.97 Å². The van der Waals surface area contributed by atoms with Crippen molar-refractivity contribution in [3.8, 4) is 0 Å². The van der Waals surface area contributed by atoms with E-state index in [0.717, 1.165) is 22.4 Å². The van der Waals surface area contributed by atoms with E-state index >= 15 is 0 Å². The number of nitrogens with zero attached hydrogens (tertiary/aromatic N) is 1. The van der Waals surface area contributed by atoms with Crippen molar-refractivity contribution >= 4 is 34.9 Å². The Morgan fingerprint density at radius 1 is 0.974 bits per heavy atom. The lowest BCUT2D eigenvalue weighted by atomic mass is 9.90. The van der Waals surface area contributed by atoms with Crippen molar-refractivity contribution in [2.75, 3.05) is 19.0 Å². The Morgan fingerprint density at radius 3 is 2.16 bits per heavy atom. The van der Waals surface area contributed by atoms with E-state index in [1.54, 1.807) is 4.90 Å². The molecule has 4 rings (SSSR count). The molecule has 2 N–H and O–H groups in total. The number of nitrogens with one attached hydrogen (secondary N) is 2. The lowest BCUT2D eigenvalue weighted by Gasteiger charge is -2.35. The van der Waals surface area contributed by atoms with Crippen LogP contribution in [0.2, 0.25) is 0 Å². The lowest BCUT2D eigenvalue weighted by molar-refractivity contribution is -0.140. The summed E-state index contributed by atoms with van der Waals surface area (Å²) in [4.78, 5) is 28.6. The third-order valence-electron chi connectivity index (χ3n) is 6.54. The number of amides is 1. The molecule has 0 saturated carbocycles. The number of hydrogen-bond acceptors (Lipinski definition) is 4. The number of allylic oxidation sites excluding steroid dienone is 1. The monoisotopic (exact) mass is 527 g/mol. The van der Waals surface area contributed by atoms with Crippen LogP contribution in [0.5, 0.6) is 0 Å². The molecule has 38 heavy (non-hydrogen) atoms. The number of hydrogen-bond donors (Lipinski definition) is 2. The summed E-state index contributed by atoms with van der Waals surface area (Å²) in [6.45, 7) is 6.18. The summed E-state index contributed by atoms with van der Waals surface area (Å²) in [5, 5.41) is 6.87. The molecule has 196 valence electrons. The molecule has 3 aromatic carbocycles. The maximum atomic E-state index is 13.6. The lowest BCUT2D eigenvalue weighted by Crippen LogP contribution is -2.46. The first kappa shape index (κ1) is 27.1. The van der Waals surface area contributed by atoms with E-state index < -0.39 is 12.0 Å². The molecule has 3 aromatic rings. The summed E-state index contributed by atoms with van der Waals surface area (Å²) in [6, 6.07) is 26.4. The fourth-order valence-electron chi connectivity index (χ4n) is 4.47. The van der Waals surface area contributed by atoms with Gasteiger partial charge in [-0.25, -0.2) is 4.79 Å². The quantitative estimate of drug-likeness (QED) is 0.285. The first-order valence-corrected chi connectivity index (χ1v) is 13.1. The SMILES string of the molecule is CC1=C(C(=O)OCC(C)C)C(c2cccc(NC(=O)C(c3ccccc3)c3ccccc3)c2)NC(=S)N1C. The van der Waals surface area contributed by atoms with Crippen LogP contribution in [-0.2, 0) is 14.3 Å². The Labute approximate surface area is 229 Å². The van der Waals surface area contributed by atoms with Gasteiger partial charge in [-0.15, -0.1) is 0 Å². The van der Waals surface area contributed by atoms with Gasteiger partial charge in [-0.05, 0) is 53.9 Å². The first-order chi connectivity index (χ1) is 18.3. The Hall–Kier alpha value is -3.97. The highest BCUT2D eigenvalue weighted by Crippen LogP contribution is 2.33. The molecule has 0 aliphatic carbocycles. The van der Waals surface area contributed by atoms with Gasteiger partial charge in [0.2, 0.25) is 5.91 Å². The minimum atomic E-state index is -0.505. The fraction of sp³-hybridized carbons (Fsp3) is 0.258. The number of anilines is 1. The normalized spacial score (nSPS) is 15.5. The summed E-state index contributed by atoms with van der Waals surface area (Å²) in [6.07, 6.45) is 0. The molecule has 1 aliphatic rings. The summed E-state index contributed by atoms with van der Waals surface area (Å²) in [7, 11) is 1.82. The van der Waals surface area contributed by atoms with E-state index in [1.807, 2.05) is 113 Å². The van der Waals surface area contributed by atoms with Crippen LogP contribution >= 0.6 is 12.2 Å². The zero-order valence-electron chi connectivity index (χ0n) is 22.1. The number of carbonyl (C=O) groups excluding carboxylic acids is 2. The third kappa shape index (κ3) is 6.11. The Kier molecular flexibility index (Phi) is 8.59. The molecule has 0 bridgehead atoms. The number of rotatable bonds is 8. The highest BCUT2D eigenvalue weighted by atomic mass is 32.1. The summed E-state index contributed by atoms with van der Waals surface area (Å²) in [5.41, 5.74) is 4.47. The van der Waals surface area contributed by atoms with Crippen molar-refractivity contribution in [3.63, 3.8) is 0 Å². The second-order valence-corrected chi connectivity index (χ2v) is 10.2. The van der Waals surface area contributed by atoms with Crippen molar-refractivity contribution in [3.05, 3.63) is 113 Å². The van der Waals surface area contributed by atoms with Crippen LogP contribution in [0.3, 0.4) is 0 Å². The minimum Gasteiger partial charge on any atom is -0.462 e. The molecule has 0 fully saturated rings. The predicted octanol–water partition coefficient (Wildman–Crippen LogP) is 5.79. The predicted molar refractivity (Wildman–Crippen MR) is 155 cm³/mol. The van der Waals surface area contributed by atoms with Gasteiger partial charge in [-0.2, -0.15) is 0 Å². The van der Waals surface area contributed by atoms with E-state index in [0.29, 0.717) is 23.0 Å². The van der Waals surface area contributed by atoms with Crippen LogP contribution in [0.15, 0.2) is 96.2 Å². The van der Waals surface area contributed by atoms with Gasteiger partial charge in [0.05, 0.1) is 24.1 Å². The molecule has 0 spiro atoms. The number of carbonyl (C=O) groups is 2. The maximum Gasteiger partial charge on any atom is 0.338 e. The number of thiocarbonyl (C=S) groups is 1. The fourth-order valence-corrected chi connectivity index (χ4v) is 4.72. The summed E-state index contributed by atoms with van der Waals surface area (Å²) < 4.78 is 5.60. The number of benzene rings is 3. The van der Waals surface area contributed by atoms with Crippen LogP contribution in [0, 0.1) is 5.92 Å². The van der Waals surface area contributed by atoms with Crippen LogP contribution in [0.1, 0.15) is 49.4 Å². The zero-order chi connectivity index (χ0) is 27.2. The molecule has 0 aromatic heterocycles. The van der Waals surface area contributed by atoms with E-state index in [2.05, 4.69) is 10.6 Å². The van der Waals surface area contributed by atoms with Gasteiger partial charge in [0.25, 0.3) is 0 Å². The Balaban J connectivity index is 1.64. The Morgan fingerprint density at radius 2 is 1.58 bits per heavy atom. The second kappa shape index (κ2) is 12.0. The highest BCUT2D eigenvalue weighted by molar-refractivity contribution is 7.80. The van der Waals surface area contributed by atoms with Crippen molar-refractivity contribution in [2.24, 2.45) is 5.92 Å². The van der Waals surface area contributed by atoms with Gasteiger partial charge in [-0.1, -0.05) is 86.6 Å². The standard InChI is InChI=1S/C31H33N3O3S/c1-20(2)19-37-30(36)26-21(3)34(4)31(38)33-28(26)24-16-11-17-25(18-24)32-29(35)27(22-12-7-5-8-13-22)23-14-9-6-10-15-23/h5-18,20,27-28H,19H2,1-4H3,(H,32,35)(H,33,38). The molecule has 1 aliphatic heterocycles. The molecule has 0 radical (unpaired) electrons. The highest BCUT2D eigenvalue weighted by Gasteiger charge is 2.34. The molecule has 6 nitrogen and oxygen atoms in total. The van der Waals surface area contributed by atoms with Crippen molar-refractivity contribution < 1.29 is 14.3 Å². The smallest absolute Gasteiger partial charge is 0.338 e. The molecule has 1 atom stereocenters. The van der Waals surface area contributed by atoms with Crippen LogP contribution < -0.4 is 10.6 Å². The molecule has 1 amide bonds. The second-order valence-electron chi connectivity index (χ2n) is 9.80. The number of ether oxygens (including phenoxy) is 1. The van der Waals surface area contributed by atoms with E-state index in [9.17, 15) is 9.59 Å². The molecule has 7 heteroatoms. The van der Waals surface area contributed by atoms with Gasteiger partial charge in [-0.3, -0.25) is 4.79 Å². The van der Waals surface area contributed by atoms with Crippen LogP contribution in [0.4, 0.5) is 5.69 Å². The van der Waals surface area contributed by atoms with Gasteiger partial charge in [0, 0.05) is 18.4 Å². The molecular weight excluding hydrogens is 494 g/mol. The van der Waals surface area contributed by atoms with Gasteiger partial charge < -0.3 is 20.3 Å². The molecule has 1 unspecified atom stereocenters. The number of esters is 1. The first-order valence-electron chi connectivity index (χ1n) is 12.7. The zero-order valence-corrected chi connectivity index (χ0v) is 22.9. The maximum absolute atomic E-state index is 13.6. The Bertz CT molecular complexity index is 1300. The molecular formula is C31H33N3O3S. The largest absolute Gasteiger partial charge is 0.462 e. The summed E-state index contributed by atoms with van der Waals surface area (Å²) >= 11 is 5.53.